The molecule has 0 bridgehead atoms. The SMILES string of the molecule is CCC1CCNC(CN2CCc3sccc3C2C)C1. The van der Waals surface area contributed by atoms with Gasteiger partial charge in [0, 0.05) is 30.1 Å². The average molecular weight is 278 g/mol. The molecule has 1 N–H and O–H groups in total. The fourth-order valence-electron chi connectivity index (χ4n) is 3.70. The van der Waals surface area contributed by atoms with Crippen molar-refractivity contribution in [1.82, 2.24) is 10.2 Å². The molecule has 1 saturated heterocycles. The second-order valence-electron chi connectivity index (χ2n) is 6.17. The van der Waals surface area contributed by atoms with Gasteiger partial charge in [-0.25, -0.2) is 0 Å². The number of hydrogen-bond acceptors (Lipinski definition) is 3. The van der Waals surface area contributed by atoms with Gasteiger partial charge in [0.25, 0.3) is 0 Å². The summed E-state index contributed by atoms with van der Waals surface area (Å²) < 4.78 is 0. The smallest absolute Gasteiger partial charge is 0.0331 e. The third-order valence-electron chi connectivity index (χ3n) is 5.04. The van der Waals surface area contributed by atoms with Crippen LogP contribution in [0.5, 0.6) is 0 Å². The third-order valence-corrected chi connectivity index (χ3v) is 6.04. The van der Waals surface area contributed by atoms with Crippen LogP contribution in [0.3, 0.4) is 0 Å². The summed E-state index contributed by atoms with van der Waals surface area (Å²) in [6, 6.07) is 3.65. The van der Waals surface area contributed by atoms with Crippen molar-refractivity contribution in [3.05, 3.63) is 21.9 Å². The molecule has 1 aromatic rings. The van der Waals surface area contributed by atoms with Crippen molar-refractivity contribution in [3.63, 3.8) is 0 Å². The molecule has 3 atom stereocenters. The number of rotatable bonds is 3. The van der Waals surface area contributed by atoms with E-state index in [9.17, 15) is 0 Å². The average Bonchev–Trinajstić information content (AvgIpc) is 2.91. The normalized spacial score (nSPS) is 32.2. The van der Waals surface area contributed by atoms with E-state index in [1.165, 1.54) is 45.3 Å². The highest BCUT2D eigenvalue weighted by Gasteiger charge is 2.28. The highest BCUT2D eigenvalue weighted by molar-refractivity contribution is 7.10. The number of thiophene rings is 1. The van der Waals surface area contributed by atoms with Crippen molar-refractivity contribution in [3.8, 4) is 0 Å². The Morgan fingerprint density at radius 3 is 3.21 bits per heavy atom. The molecule has 1 aromatic heterocycles. The van der Waals surface area contributed by atoms with Crippen LogP contribution in [0.1, 0.15) is 49.6 Å². The van der Waals surface area contributed by atoms with E-state index in [-0.39, 0.29) is 0 Å². The van der Waals surface area contributed by atoms with Crippen LogP contribution in [-0.4, -0.2) is 30.6 Å². The minimum Gasteiger partial charge on any atom is -0.313 e. The Balaban J connectivity index is 1.61. The Morgan fingerprint density at radius 2 is 2.37 bits per heavy atom. The predicted octanol–water partition coefficient (Wildman–Crippen LogP) is 3.45. The molecule has 3 heteroatoms. The lowest BCUT2D eigenvalue weighted by molar-refractivity contribution is 0.154. The molecule has 0 amide bonds. The number of piperidine rings is 1. The fourth-order valence-corrected chi connectivity index (χ4v) is 4.66. The molecule has 0 aliphatic carbocycles. The molecule has 19 heavy (non-hydrogen) atoms. The van der Waals surface area contributed by atoms with Crippen molar-refractivity contribution in [1.29, 1.82) is 0 Å². The number of fused-ring (bicyclic) bond motifs is 1. The quantitative estimate of drug-likeness (QED) is 0.911. The minimum atomic E-state index is 0.610. The molecule has 3 heterocycles. The van der Waals surface area contributed by atoms with Gasteiger partial charge in [-0.05, 0) is 55.7 Å². The zero-order chi connectivity index (χ0) is 13.2. The molecule has 2 nitrogen and oxygen atoms in total. The van der Waals surface area contributed by atoms with Gasteiger partial charge in [-0.15, -0.1) is 11.3 Å². The van der Waals surface area contributed by atoms with E-state index in [0.29, 0.717) is 12.1 Å². The van der Waals surface area contributed by atoms with Gasteiger partial charge in [0.1, 0.15) is 0 Å². The molecule has 1 fully saturated rings. The Morgan fingerprint density at radius 1 is 1.47 bits per heavy atom. The van der Waals surface area contributed by atoms with E-state index < -0.39 is 0 Å². The largest absolute Gasteiger partial charge is 0.313 e. The van der Waals surface area contributed by atoms with Crippen LogP contribution < -0.4 is 5.32 Å². The van der Waals surface area contributed by atoms with Crippen molar-refractivity contribution < 1.29 is 0 Å². The summed E-state index contributed by atoms with van der Waals surface area (Å²) in [5, 5.41) is 5.99. The summed E-state index contributed by atoms with van der Waals surface area (Å²) in [5.74, 6) is 0.947. The highest BCUT2D eigenvalue weighted by atomic mass is 32.1. The maximum absolute atomic E-state index is 3.73. The Labute approximate surface area is 121 Å². The topological polar surface area (TPSA) is 15.3 Å². The van der Waals surface area contributed by atoms with Gasteiger partial charge in [-0.3, -0.25) is 4.90 Å². The van der Waals surface area contributed by atoms with Crippen molar-refractivity contribution in [2.75, 3.05) is 19.6 Å². The molecule has 106 valence electrons. The molecular formula is C16H26N2S. The second kappa shape index (κ2) is 5.94. The van der Waals surface area contributed by atoms with Gasteiger partial charge < -0.3 is 5.32 Å². The monoisotopic (exact) mass is 278 g/mol. The van der Waals surface area contributed by atoms with Crippen LogP contribution >= 0.6 is 11.3 Å². The Kier molecular flexibility index (Phi) is 4.25. The summed E-state index contributed by atoms with van der Waals surface area (Å²) in [6.07, 6.45) is 5.34. The van der Waals surface area contributed by atoms with Crippen LogP contribution in [0.25, 0.3) is 0 Å². The summed E-state index contributed by atoms with van der Waals surface area (Å²) in [5.41, 5.74) is 1.58. The van der Waals surface area contributed by atoms with Crippen molar-refractivity contribution >= 4 is 11.3 Å². The van der Waals surface area contributed by atoms with E-state index in [4.69, 9.17) is 0 Å². The van der Waals surface area contributed by atoms with Gasteiger partial charge >= 0.3 is 0 Å². The lowest BCUT2D eigenvalue weighted by atomic mass is 9.89. The van der Waals surface area contributed by atoms with Crippen LogP contribution in [-0.2, 0) is 6.42 Å². The standard InChI is InChI=1S/C16H26N2S/c1-3-13-4-7-17-14(10-13)11-18-8-5-16-15(12(18)2)6-9-19-16/h6,9,12-14,17H,3-5,7-8,10-11H2,1-2H3. The molecule has 0 aromatic carbocycles. The van der Waals surface area contributed by atoms with E-state index >= 15 is 0 Å². The minimum absolute atomic E-state index is 0.610. The van der Waals surface area contributed by atoms with E-state index in [1.54, 1.807) is 10.4 Å². The Bertz CT molecular complexity index is 415. The van der Waals surface area contributed by atoms with Gasteiger partial charge in [0.05, 0.1) is 0 Å². The maximum Gasteiger partial charge on any atom is 0.0331 e. The van der Waals surface area contributed by atoms with Crippen molar-refractivity contribution in [2.24, 2.45) is 5.92 Å². The lowest BCUT2D eigenvalue weighted by Gasteiger charge is -2.39. The van der Waals surface area contributed by atoms with Crippen LogP contribution in [0.4, 0.5) is 0 Å². The van der Waals surface area contributed by atoms with E-state index in [1.807, 2.05) is 11.3 Å². The van der Waals surface area contributed by atoms with Gasteiger partial charge in [-0.1, -0.05) is 13.3 Å². The van der Waals surface area contributed by atoms with Crippen LogP contribution in [0, 0.1) is 5.92 Å². The van der Waals surface area contributed by atoms with Crippen LogP contribution in [0.15, 0.2) is 11.4 Å². The molecule has 2 aliphatic rings. The first-order valence-corrected chi connectivity index (χ1v) is 8.69. The molecule has 3 rings (SSSR count). The molecule has 2 aliphatic heterocycles. The Hall–Kier alpha value is -0.380. The molecule has 0 saturated carbocycles. The summed E-state index contributed by atoms with van der Waals surface area (Å²) in [7, 11) is 0. The number of nitrogens with zero attached hydrogens (tertiary/aromatic N) is 1. The van der Waals surface area contributed by atoms with Gasteiger partial charge in [0.2, 0.25) is 0 Å². The summed E-state index contributed by atoms with van der Waals surface area (Å²) >= 11 is 1.94. The predicted molar refractivity (Wildman–Crippen MR) is 82.8 cm³/mol. The zero-order valence-electron chi connectivity index (χ0n) is 12.2. The summed E-state index contributed by atoms with van der Waals surface area (Å²) in [4.78, 5) is 4.30. The first kappa shape index (κ1) is 13.6. The van der Waals surface area contributed by atoms with E-state index in [2.05, 4.69) is 35.5 Å². The first-order valence-electron chi connectivity index (χ1n) is 7.81. The van der Waals surface area contributed by atoms with E-state index in [0.717, 1.165) is 5.92 Å². The molecular weight excluding hydrogens is 252 g/mol. The second-order valence-corrected chi connectivity index (χ2v) is 7.17. The molecule has 0 radical (unpaired) electrons. The van der Waals surface area contributed by atoms with Crippen molar-refractivity contribution in [2.45, 2.75) is 51.6 Å². The maximum atomic E-state index is 3.73. The van der Waals surface area contributed by atoms with Crippen LogP contribution in [0.2, 0.25) is 0 Å². The lowest BCUT2D eigenvalue weighted by Crippen LogP contribution is -2.47. The number of hydrogen-bond donors (Lipinski definition) is 1. The number of nitrogens with one attached hydrogen (secondary N) is 1. The first-order chi connectivity index (χ1) is 9.28. The molecule has 3 unspecified atom stereocenters. The fraction of sp³-hybridized carbons (Fsp3) is 0.750. The highest BCUT2D eigenvalue weighted by Crippen LogP contribution is 2.33. The van der Waals surface area contributed by atoms with Gasteiger partial charge in [0.15, 0.2) is 0 Å². The van der Waals surface area contributed by atoms with Gasteiger partial charge in [-0.2, -0.15) is 0 Å². The summed E-state index contributed by atoms with van der Waals surface area (Å²) in [6.45, 7) is 8.41. The molecule has 0 spiro atoms. The third kappa shape index (κ3) is 2.88. The zero-order valence-corrected chi connectivity index (χ0v) is 13.0.